The summed E-state index contributed by atoms with van der Waals surface area (Å²) in [6.07, 6.45) is -2.61. The average molecular weight is 487 g/mol. The smallest absolute Gasteiger partial charge is 0.348 e. The number of halogens is 4. The first-order valence-electron chi connectivity index (χ1n) is 11.2. The summed E-state index contributed by atoms with van der Waals surface area (Å²) in [5.74, 6) is -1.29. The second kappa shape index (κ2) is 9.56. The molecule has 5 nitrogen and oxygen atoms in total. The van der Waals surface area contributed by atoms with Gasteiger partial charge in [-0.25, -0.2) is 4.39 Å². The van der Waals surface area contributed by atoms with Crippen molar-refractivity contribution in [3.05, 3.63) is 95.1 Å². The highest BCUT2D eigenvalue weighted by molar-refractivity contribution is 5.96. The number of aromatic nitrogens is 1. The minimum absolute atomic E-state index is 0.0636. The van der Waals surface area contributed by atoms with Gasteiger partial charge < -0.3 is 14.4 Å². The molecule has 0 unspecified atom stereocenters. The molecule has 2 aromatic carbocycles. The van der Waals surface area contributed by atoms with Crippen LogP contribution in [0, 0.1) is 5.82 Å². The number of hydrogen-bond acceptors (Lipinski definition) is 2. The van der Waals surface area contributed by atoms with Gasteiger partial charge in [0.2, 0.25) is 5.91 Å². The van der Waals surface area contributed by atoms with Gasteiger partial charge in [-0.1, -0.05) is 12.1 Å². The number of carbonyl (C=O) groups is 2. The second-order valence-corrected chi connectivity index (χ2v) is 8.77. The first-order chi connectivity index (χ1) is 16.6. The maximum Gasteiger partial charge on any atom is 0.416 e. The molecule has 2 amide bonds. The molecule has 0 N–H and O–H groups in total. The van der Waals surface area contributed by atoms with Gasteiger partial charge in [-0.15, -0.1) is 0 Å². The number of nitrogens with zero attached hydrogens (tertiary/aromatic N) is 3. The number of amides is 2. The van der Waals surface area contributed by atoms with Crippen LogP contribution in [0.15, 0.2) is 66.9 Å². The fraction of sp³-hybridized carbons (Fsp3) is 0.308. The van der Waals surface area contributed by atoms with Crippen LogP contribution in [0.25, 0.3) is 0 Å². The summed E-state index contributed by atoms with van der Waals surface area (Å²) in [5, 5.41) is 0. The van der Waals surface area contributed by atoms with Crippen LogP contribution in [-0.4, -0.2) is 45.3 Å². The number of alkyl halides is 3. The lowest BCUT2D eigenvalue weighted by Gasteiger charge is -2.39. The highest BCUT2D eigenvalue weighted by Gasteiger charge is 2.35. The van der Waals surface area contributed by atoms with E-state index in [0.29, 0.717) is 18.7 Å². The van der Waals surface area contributed by atoms with Gasteiger partial charge in [-0.05, 0) is 67.9 Å². The molecule has 4 rings (SSSR count). The molecule has 2 heterocycles. The van der Waals surface area contributed by atoms with Crippen LogP contribution in [0.4, 0.5) is 17.6 Å². The second-order valence-electron chi connectivity index (χ2n) is 8.77. The molecule has 1 aliphatic heterocycles. The van der Waals surface area contributed by atoms with Crippen LogP contribution in [0.2, 0.25) is 0 Å². The standard InChI is InChI=1S/C26H25F4N3O2/c1-17(2)33(25(35)18-8-10-20(11-9-18)26(28,29)30)16-23(34)32-14-13-31-12-4-7-22(31)24(32)19-5-3-6-21(27)15-19/h3-12,15,17,24H,13-14,16H2,1-2H3/t24-/m0/s1. The van der Waals surface area contributed by atoms with E-state index in [9.17, 15) is 27.2 Å². The fourth-order valence-electron chi connectivity index (χ4n) is 4.37. The number of fused-ring (bicyclic) bond motifs is 1. The summed E-state index contributed by atoms with van der Waals surface area (Å²) in [7, 11) is 0. The van der Waals surface area contributed by atoms with Crippen LogP contribution >= 0.6 is 0 Å². The van der Waals surface area contributed by atoms with E-state index in [1.54, 1.807) is 30.9 Å². The Balaban J connectivity index is 1.60. The Bertz CT molecular complexity index is 1220. The maximum absolute atomic E-state index is 14.0. The topological polar surface area (TPSA) is 45.6 Å². The Kier molecular flexibility index (Phi) is 6.69. The summed E-state index contributed by atoms with van der Waals surface area (Å²) in [6, 6.07) is 12.8. The quantitative estimate of drug-likeness (QED) is 0.469. The van der Waals surface area contributed by atoms with Crippen molar-refractivity contribution in [2.45, 2.75) is 38.7 Å². The molecule has 1 aliphatic rings. The van der Waals surface area contributed by atoms with Crippen molar-refractivity contribution >= 4 is 11.8 Å². The van der Waals surface area contributed by atoms with Gasteiger partial charge >= 0.3 is 6.18 Å². The third-order valence-electron chi connectivity index (χ3n) is 6.17. The van der Waals surface area contributed by atoms with Gasteiger partial charge in [0.15, 0.2) is 0 Å². The van der Waals surface area contributed by atoms with E-state index in [0.717, 1.165) is 30.0 Å². The number of benzene rings is 2. The van der Waals surface area contributed by atoms with Crippen LogP contribution < -0.4 is 0 Å². The summed E-state index contributed by atoms with van der Waals surface area (Å²) in [4.78, 5) is 29.6. The molecule has 0 saturated heterocycles. The van der Waals surface area contributed by atoms with Crippen molar-refractivity contribution < 1.29 is 27.2 Å². The molecule has 35 heavy (non-hydrogen) atoms. The Labute approximate surface area is 200 Å². The summed E-state index contributed by atoms with van der Waals surface area (Å²) < 4.78 is 54.7. The van der Waals surface area contributed by atoms with E-state index in [1.807, 2.05) is 22.9 Å². The normalized spacial score (nSPS) is 15.7. The lowest BCUT2D eigenvalue weighted by atomic mass is 9.99. The lowest BCUT2D eigenvalue weighted by Crippen LogP contribution is -2.49. The van der Waals surface area contributed by atoms with Crippen LogP contribution in [0.1, 0.15) is 47.1 Å². The Hall–Kier alpha value is -3.62. The minimum atomic E-state index is -4.51. The average Bonchev–Trinajstić information content (AvgIpc) is 3.29. The van der Waals surface area contributed by atoms with Crippen molar-refractivity contribution in [1.82, 2.24) is 14.4 Å². The zero-order valence-corrected chi connectivity index (χ0v) is 19.3. The highest BCUT2D eigenvalue weighted by atomic mass is 19.4. The molecule has 0 spiro atoms. The van der Waals surface area contributed by atoms with Crippen LogP contribution in [0.5, 0.6) is 0 Å². The number of rotatable bonds is 5. The molecule has 1 aromatic heterocycles. The predicted molar refractivity (Wildman–Crippen MR) is 122 cm³/mol. The molecule has 0 bridgehead atoms. The minimum Gasteiger partial charge on any atom is -0.348 e. The zero-order valence-electron chi connectivity index (χ0n) is 19.3. The summed E-state index contributed by atoms with van der Waals surface area (Å²) in [6.45, 7) is 4.13. The van der Waals surface area contributed by atoms with Crippen LogP contribution in [-0.2, 0) is 17.5 Å². The van der Waals surface area contributed by atoms with E-state index in [4.69, 9.17) is 0 Å². The largest absolute Gasteiger partial charge is 0.416 e. The van der Waals surface area contributed by atoms with Crippen molar-refractivity contribution in [3.63, 3.8) is 0 Å². The van der Waals surface area contributed by atoms with Gasteiger partial charge in [-0.2, -0.15) is 13.2 Å². The van der Waals surface area contributed by atoms with Crippen LogP contribution in [0.3, 0.4) is 0 Å². The molecule has 3 aromatic rings. The number of carbonyl (C=O) groups excluding carboxylic acids is 2. The van der Waals surface area contributed by atoms with E-state index in [2.05, 4.69) is 0 Å². The van der Waals surface area contributed by atoms with E-state index in [-0.39, 0.29) is 24.1 Å². The van der Waals surface area contributed by atoms with Gasteiger partial charge in [0.05, 0.1) is 11.6 Å². The first kappa shape index (κ1) is 24.5. The van der Waals surface area contributed by atoms with Gasteiger partial charge in [0.1, 0.15) is 12.4 Å². The van der Waals surface area contributed by atoms with Gasteiger partial charge in [0.25, 0.3) is 5.91 Å². The van der Waals surface area contributed by atoms with E-state index in [1.165, 1.54) is 17.0 Å². The third kappa shape index (κ3) is 5.08. The third-order valence-corrected chi connectivity index (χ3v) is 6.17. The monoisotopic (exact) mass is 487 g/mol. The Morgan fingerprint density at radius 1 is 1.03 bits per heavy atom. The fourth-order valence-corrected chi connectivity index (χ4v) is 4.37. The zero-order chi connectivity index (χ0) is 25.3. The number of hydrogen-bond donors (Lipinski definition) is 0. The molecule has 9 heteroatoms. The molecule has 0 saturated carbocycles. The summed E-state index contributed by atoms with van der Waals surface area (Å²) in [5.41, 5.74) is 0.660. The molecular weight excluding hydrogens is 462 g/mol. The van der Waals surface area contributed by atoms with Crippen molar-refractivity contribution in [2.24, 2.45) is 0 Å². The van der Waals surface area contributed by atoms with Crippen molar-refractivity contribution in [3.8, 4) is 0 Å². The molecular formula is C26H25F4N3O2. The lowest BCUT2D eigenvalue weighted by molar-refractivity contribution is -0.137. The Morgan fingerprint density at radius 3 is 2.37 bits per heavy atom. The van der Waals surface area contributed by atoms with Gasteiger partial charge in [-0.3, -0.25) is 9.59 Å². The predicted octanol–water partition coefficient (Wildman–Crippen LogP) is 5.13. The van der Waals surface area contributed by atoms with Crippen molar-refractivity contribution in [1.29, 1.82) is 0 Å². The highest BCUT2D eigenvalue weighted by Crippen LogP contribution is 2.33. The molecule has 0 radical (unpaired) electrons. The van der Waals surface area contributed by atoms with Crippen molar-refractivity contribution in [2.75, 3.05) is 13.1 Å². The van der Waals surface area contributed by atoms with E-state index >= 15 is 0 Å². The Morgan fingerprint density at radius 2 is 1.74 bits per heavy atom. The maximum atomic E-state index is 14.0. The summed E-state index contributed by atoms with van der Waals surface area (Å²) >= 11 is 0. The van der Waals surface area contributed by atoms with Gasteiger partial charge in [0, 0.05) is 36.6 Å². The van der Waals surface area contributed by atoms with E-state index < -0.39 is 29.5 Å². The molecule has 0 aliphatic carbocycles. The molecule has 0 fully saturated rings. The molecule has 1 atom stereocenters. The first-order valence-corrected chi connectivity index (χ1v) is 11.2. The molecule has 184 valence electrons. The SMILES string of the molecule is CC(C)N(CC(=O)N1CCn2cccc2[C@@H]1c1cccc(F)c1)C(=O)c1ccc(C(F)(F)F)cc1.